The summed E-state index contributed by atoms with van der Waals surface area (Å²) < 4.78 is 6.20. The minimum atomic E-state index is -0.338. The minimum absolute atomic E-state index is 0.143. The van der Waals surface area contributed by atoms with Crippen LogP contribution in [-0.2, 0) is 11.3 Å². The zero-order valence-corrected chi connectivity index (χ0v) is 13.8. The molecule has 1 heterocycles. The lowest BCUT2D eigenvalue weighted by molar-refractivity contribution is 0.0465. The van der Waals surface area contributed by atoms with Crippen molar-refractivity contribution in [3.8, 4) is 0 Å². The van der Waals surface area contributed by atoms with E-state index in [0.717, 1.165) is 20.7 Å². The van der Waals surface area contributed by atoms with Gasteiger partial charge in [-0.15, -0.1) is 0 Å². The fourth-order valence-corrected chi connectivity index (χ4v) is 2.34. The Labute approximate surface area is 131 Å². The first-order valence-electron chi connectivity index (χ1n) is 6.21. The summed E-state index contributed by atoms with van der Waals surface area (Å²) in [6.45, 7) is 5.82. The van der Waals surface area contributed by atoms with E-state index >= 15 is 0 Å². The van der Waals surface area contributed by atoms with Gasteiger partial charge in [0.1, 0.15) is 6.61 Å². The normalized spacial score (nSPS) is 10.4. The number of esters is 1. The molecule has 0 N–H and O–H groups in total. The second-order valence-electron chi connectivity index (χ2n) is 4.48. The fraction of sp³-hybridized carbons (Fsp3) is 0.267. The number of carbonyl (C=O) groups excluding carboxylic acids is 1. The molecule has 0 atom stereocenters. The van der Waals surface area contributed by atoms with Crippen LogP contribution >= 0.6 is 22.6 Å². The van der Waals surface area contributed by atoms with E-state index in [-0.39, 0.29) is 12.6 Å². The molecule has 2 aromatic rings. The fourth-order valence-electron chi connectivity index (χ4n) is 1.74. The lowest BCUT2D eigenvalue weighted by atomic mass is 10.2. The number of hydrogen-bond donors (Lipinski definition) is 0. The molecule has 104 valence electrons. The Morgan fingerprint density at radius 3 is 2.45 bits per heavy atom. The van der Waals surface area contributed by atoms with Crippen molar-refractivity contribution in [3.63, 3.8) is 0 Å². The molecule has 1 aromatic carbocycles. The zero-order chi connectivity index (χ0) is 14.7. The highest BCUT2D eigenvalue weighted by Gasteiger charge is 2.13. The van der Waals surface area contributed by atoms with E-state index in [9.17, 15) is 4.79 Å². The van der Waals surface area contributed by atoms with Gasteiger partial charge in [0, 0.05) is 3.57 Å². The van der Waals surface area contributed by atoms with Crippen molar-refractivity contribution >= 4 is 28.6 Å². The van der Waals surface area contributed by atoms with E-state index in [1.165, 1.54) is 0 Å². The molecule has 20 heavy (non-hydrogen) atoms. The second kappa shape index (κ2) is 6.30. The molecular formula is C15H15IN2O2. The van der Waals surface area contributed by atoms with Crippen LogP contribution in [-0.4, -0.2) is 15.9 Å². The molecule has 0 aliphatic rings. The van der Waals surface area contributed by atoms with E-state index < -0.39 is 0 Å². The highest BCUT2D eigenvalue weighted by atomic mass is 127. The summed E-state index contributed by atoms with van der Waals surface area (Å²) >= 11 is 2.12. The van der Waals surface area contributed by atoms with Gasteiger partial charge in [-0.1, -0.05) is 12.1 Å². The molecule has 0 radical (unpaired) electrons. The summed E-state index contributed by atoms with van der Waals surface area (Å²) in [5.74, 6) is -0.338. The number of rotatable bonds is 3. The lowest BCUT2D eigenvalue weighted by Crippen LogP contribution is -2.10. The van der Waals surface area contributed by atoms with Crippen LogP contribution in [0.2, 0.25) is 0 Å². The molecule has 0 saturated carbocycles. The van der Waals surface area contributed by atoms with Crippen LogP contribution in [0.1, 0.15) is 33.1 Å². The molecule has 0 spiro atoms. The molecular weight excluding hydrogens is 367 g/mol. The quantitative estimate of drug-likeness (QED) is 0.604. The standard InChI is InChI=1S/C15H15IN2O2/c1-9-10(2)18-14(11(3)17-9)8-20-15(19)12-6-4-5-7-13(12)16/h4-7H,8H2,1-3H3. The molecule has 0 bridgehead atoms. The number of ether oxygens (including phenoxy) is 1. The smallest absolute Gasteiger partial charge is 0.339 e. The first kappa shape index (κ1) is 14.9. The van der Waals surface area contributed by atoms with Crippen LogP contribution in [0.5, 0.6) is 0 Å². The average Bonchev–Trinajstić information content (AvgIpc) is 2.41. The number of carbonyl (C=O) groups is 1. The van der Waals surface area contributed by atoms with Gasteiger partial charge >= 0.3 is 5.97 Å². The Morgan fingerprint density at radius 1 is 1.10 bits per heavy atom. The molecule has 0 saturated heterocycles. The predicted octanol–water partition coefficient (Wildman–Crippen LogP) is 3.36. The van der Waals surface area contributed by atoms with Crippen molar-refractivity contribution in [3.05, 3.63) is 56.2 Å². The van der Waals surface area contributed by atoms with Crippen molar-refractivity contribution in [2.24, 2.45) is 0 Å². The molecule has 0 aliphatic heterocycles. The number of benzene rings is 1. The Hall–Kier alpha value is -1.50. The van der Waals surface area contributed by atoms with Crippen LogP contribution in [0.4, 0.5) is 0 Å². The predicted molar refractivity (Wildman–Crippen MR) is 84.5 cm³/mol. The largest absolute Gasteiger partial charge is 0.455 e. The Morgan fingerprint density at radius 2 is 1.75 bits per heavy atom. The molecule has 5 heteroatoms. The number of nitrogens with zero attached hydrogens (tertiary/aromatic N) is 2. The van der Waals surface area contributed by atoms with E-state index in [0.29, 0.717) is 11.3 Å². The Kier molecular flexibility index (Phi) is 4.69. The van der Waals surface area contributed by atoms with Gasteiger partial charge in [0.2, 0.25) is 0 Å². The number of halogens is 1. The van der Waals surface area contributed by atoms with Crippen LogP contribution in [0.15, 0.2) is 24.3 Å². The van der Waals surface area contributed by atoms with E-state index in [2.05, 4.69) is 32.6 Å². The lowest BCUT2D eigenvalue weighted by Gasteiger charge is -2.09. The average molecular weight is 382 g/mol. The van der Waals surface area contributed by atoms with Gasteiger partial charge < -0.3 is 4.74 Å². The van der Waals surface area contributed by atoms with Crippen LogP contribution in [0.25, 0.3) is 0 Å². The molecule has 2 rings (SSSR count). The zero-order valence-electron chi connectivity index (χ0n) is 11.6. The van der Waals surface area contributed by atoms with Gasteiger partial charge in [-0.05, 0) is 55.5 Å². The maximum atomic E-state index is 12.0. The number of hydrogen-bond acceptors (Lipinski definition) is 4. The van der Waals surface area contributed by atoms with E-state index in [1.807, 2.05) is 39.0 Å². The summed E-state index contributed by atoms with van der Waals surface area (Å²) in [4.78, 5) is 20.8. The maximum absolute atomic E-state index is 12.0. The third-order valence-corrected chi connectivity index (χ3v) is 3.95. The van der Waals surface area contributed by atoms with E-state index in [1.54, 1.807) is 6.07 Å². The van der Waals surface area contributed by atoms with Gasteiger partial charge in [0.25, 0.3) is 0 Å². The van der Waals surface area contributed by atoms with Crippen LogP contribution < -0.4 is 0 Å². The first-order chi connectivity index (χ1) is 9.49. The SMILES string of the molecule is Cc1nc(C)c(COC(=O)c2ccccc2I)nc1C. The summed E-state index contributed by atoms with van der Waals surface area (Å²) in [6.07, 6.45) is 0. The number of aromatic nitrogens is 2. The van der Waals surface area contributed by atoms with Crippen molar-refractivity contribution in [1.29, 1.82) is 0 Å². The second-order valence-corrected chi connectivity index (χ2v) is 5.64. The van der Waals surface area contributed by atoms with Gasteiger partial charge in [-0.2, -0.15) is 0 Å². The highest BCUT2D eigenvalue weighted by Crippen LogP contribution is 2.14. The highest BCUT2D eigenvalue weighted by molar-refractivity contribution is 14.1. The Bertz CT molecular complexity index is 656. The molecule has 0 fully saturated rings. The van der Waals surface area contributed by atoms with Crippen molar-refractivity contribution in [1.82, 2.24) is 9.97 Å². The van der Waals surface area contributed by atoms with Crippen molar-refractivity contribution in [2.45, 2.75) is 27.4 Å². The summed E-state index contributed by atoms with van der Waals surface area (Å²) in [5, 5.41) is 0. The van der Waals surface area contributed by atoms with Gasteiger partial charge in [0.15, 0.2) is 0 Å². The molecule has 1 aromatic heterocycles. The molecule has 4 nitrogen and oxygen atoms in total. The third-order valence-electron chi connectivity index (χ3n) is 3.01. The van der Waals surface area contributed by atoms with E-state index in [4.69, 9.17) is 4.74 Å². The monoisotopic (exact) mass is 382 g/mol. The molecule has 0 unspecified atom stereocenters. The molecule has 0 aliphatic carbocycles. The number of aryl methyl sites for hydroxylation is 3. The first-order valence-corrected chi connectivity index (χ1v) is 7.29. The third kappa shape index (κ3) is 3.33. The Balaban J connectivity index is 2.12. The van der Waals surface area contributed by atoms with Gasteiger partial charge in [0.05, 0.1) is 28.3 Å². The molecule has 0 amide bonds. The van der Waals surface area contributed by atoms with Gasteiger partial charge in [-0.25, -0.2) is 4.79 Å². The maximum Gasteiger partial charge on any atom is 0.339 e. The topological polar surface area (TPSA) is 52.1 Å². The van der Waals surface area contributed by atoms with Gasteiger partial charge in [-0.3, -0.25) is 9.97 Å². The summed E-state index contributed by atoms with van der Waals surface area (Å²) in [7, 11) is 0. The summed E-state index contributed by atoms with van der Waals surface area (Å²) in [6, 6.07) is 7.33. The van der Waals surface area contributed by atoms with Crippen LogP contribution in [0, 0.1) is 24.3 Å². The van der Waals surface area contributed by atoms with Crippen molar-refractivity contribution < 1.29 is 9.53 Å². The van der Waals surface area contributed by atoms with Crippen LogP contribution in [0.3, 0.4) is 0 Å². The minimum Gasteiger partial charge on any atom is -0.455 e. The summed E-state index contributed by atoms with van der Waals surface area (Å²) in [5.41, 5.74) is 3.82. The van der Waals surface area contributed by atoms with Crippen molar-refractivity contribution in [2.75, 3.05) is 0 Å².